The number of aliphatic hydroxyl groups excluding tert-OH is 2. The Morgan fingerprint density at radius 2 is 2.00 bits per heavy atom. The van der Waals surface area contributed by atoms with E-state index in [1.165, 1.54) is 0 Å². The van der Waals surface area contributed by atoms with Crippen molar-refractivity contribution in [1.82, 2.24) is 5.32 Å². The molecule has 90 valence electrons. The summed E-state index contributed by atoms with van der Waals surface area (Å²) in [6.45, 7) is 5.80. The second-order valence-corrected chi connectivity index (χ2v) is 4.82. The van der Waals surface area contributed by atoms with Gasteiger partial charge in [-0.2, -0.15) is 0 Å². The monoisotopic (exact) mass is 217 g/mol. The topological polar surface area (TPSA) is 61.7 Å². The zero-order chi connectivity index (χ0) is 11.3. The van der Waals surface area contributed by atoms with Crippen molar-refractivity contribution >= 4 is 0 Å². The molecule has 0 heterocycles. The van der Waals surface area contributed by atoms with Gasteiger partial charge in [-0.25, -0.2) is 0 Å². The second kappa shape index (κ2) is 6.43. The summed E-state index contributed by atoms with van der Waals surface area (Å²) in [5.74, 6) is 0.506. The highest BCUT2D eigenvalue weighted by molar-refractivity contribution is 4.84. The molecule has 0 aromatic heterocycles. The molecule has 1 rings (SSSR count). The normalized spacial score (nSPS) is 27.8. The third kappa shape index (κ3) is 5.47. The zero-order valence-corrected chi connectivity index (χ0v) is 9.65. The van der Waals surface area contributed by atoms with Crippen LogP contribution >= 0.6 is 0 Å². The predicted molar refractivity (Wildman–Crippen MR) is 58.7 cm³/mol. The molecule has 4 heteroatoms. The third-order valence-electron chi connectivity index (χ3n) is 2.52. The van der Waals surface area contributed by atoms with Crippen LogP contribution in [0.1, 0.15) is 26.7 Å². The summed E-state index contributed by atoms with van der Waals surface area (Å²) in [6.07, 6.45) is 1.03. The van der Waals surface area contributed by atoms with E-state index in [1.807, 2.05) is 0 Å². The first-order valence-electron chi connectivity index (χ1n) is 5.75. The Balaban J connectivity index is 1.92. The largest absolute Gasteiger partial charge is 0.393 e. The van der Waals surface area contributed by atoms with E-state index in [4.69, 9.17) is 9.84 Å². The molecule has 4 nitrogen and oxygen atoms in total. The molecule has 1 unspecified atom stereocenters. The number of hydrogen-bond donors (Lipinski definition) is 3. The van der Waals surface area contributed by atoms with Crippen molar-refractivity contribution < 1.29 is 14.9 Å². The SMILES string of the molecule is CC(C)COCC(O)CNC1CC(O)C1. The van der Waals surface area contributed by atoms with E-state index in [2.05, 4.69) is 19.2 Å². The Morgan fingerprint density at radius 1 is 1.33 bits per heavy atom. The van der Waals surface area contributed by atoms with Crippen LogP contribution in [0.2, 0.25) is 0 Å². The number of hydrogen-bond acceptors (Lipinski definition) is 4. The van der Waals surface area contributed by atoms with Crippen molar-refractivity contribution in [2.45, 2.75) is 44.9 Å². The maximum absolute atomic E-state index is 9.55. The lowest BCUT2D eigenvalue weighted by Crippen LogP contribution is -2.47. The highest BCUT2D eigenvalue weighted by Crippen LogP contribution is 2.18. The smallest absolute Gasteiger partial charge is 0.0897 e. The molecule has 0 bridgehead atoms. The summed E-state index contributed by atoms with van der Waals surface area (Å²) in [4.78, 5) is 0. The Kier molecular flexibility index (Phi) is 5.53. The number of rotatable bonds is 7. The lowest BCUT2D eigenvalue weighted by Gasteiger charge is -2.32. The lowest BCUT2D eigenvalue weighted by atomic mass is 9.89. The van der Waals surface area contributed by atoms with Crippen LogP contribution in [-0.4, -0.2) is 48.2 Å². The van der Waals surface area contributed by atoms with Gasteiger partial charge in [0.15, 0.2) is 0 Å². The first-order valence-corrected chi connectivity index (χ1v) is 5.75. The standard InChI is InChI=1S/C11H23NO3/c1-8(2)6-15-7-11(14)5-12-9-3-10(13)4-9/h8-14H,3-7H2,1-2H3. The molecule has 3 N–H and O–H groups in total. The van der Waals surface area contributed by atoms with Crippen LogP contribution in [0.4, 0.5) is 0 Å². The van der Waals surface area contributed by atoms with Crippen molar-refractivity contribution in [1.29, 1.82) is 0 Å². The molecule has 15 heavy (non-hydrogen) atoms. The van der Waals surface area contributed by atoms with E-state index in [9.17, 15) is 5.11 Å². The van der Waals surface area contributed by atoms with E-state index in [0.717, 1.165) is 12.8 Å². The van der Waals surface area contributed by atoms with Gasteiger partial charge in [-0.05, 0) is 18.8 Å². The molecular weight excluding hydrogens is 194 g/mol. The van der Waals surface area contributed by atoms with Crippen LogP contribution in [0.15, 0.2) is 0 Å². The van der Waals surface area contributed by atoms with Crippen molar-refractivity contribution in [2.75, 3.05) is 19.8 Å². The Hall–Kier alpha value is -0.160. The molecule has 1 aliphatic carbocycles. The number of ether oxygens (including phenoxy) is 1. The van der Waals surface area contributed by atoms with Crippen LogP contribution in [0.3, 0.4) is 0 Å². The van der Waals surface area contributed by atoms with Gasteiger partial charge in [0.25, 0.3) is 0 Å². The molecule has 0 aromatic carbocycles. The fourth-order valence-electron chi connectivity index (χ4n) is 1.56. The van der Waals surface area contributed by atoms with Gasteiger partial charge in [0.05, 0.1) is 18.8 Å². The minimum Gasteiger partial charge on any atom is -0.393 e. The van der Waals surface area contributed by atoms with Crippen LogP contribution in [0.25, 0.3) is 0 Å². The van der Waals surface area contributed by atoms with E-state index in [-0.39, 0.29) is 6.10 Å². The predicted octanol–water partition coefficient (Wildman–Crippen LogP) is 0.133. The molecule has 0 radical (unpaired) electrons. The summed E-state index contributed by atoms with van der Waals surface area (Å²) in [5.41, 5.74) is 0. The van der Waals surface area contributed by atoms with Gasteiger partial charge in [0.1, 0.15) is 0 Å². The lowest BCUT2D eigenvalue weighted by molar-refractivity contribution is 0.0155. The second-order valence-electron chi connectivity index (χ2n) is 4.82. The molecule has 1 atom stereocenters. The molecule has 0 aromatic rings. The van der Waals surface area contributed by atoms with Crippen LogP contribution in [0, 0.1) is 5.92 Å². The van der Waals surface area contributed by atoms with E-state index in [0.29, 0.717) is 31.7 Å². The summed E-state index contributed by atoms with van der Waals surface area (Å²) in [7, 11) is 0. The average molecular weight is 217 g/mol. The number of aliphatic hydroxyl groups is 2. The summed E-state index contributed by atoms with van der Waals surface area (Å²) >= 11 is 0. The van der Waals surface area contributed by atoms with Gasteiger partial charge in [-0.3, -0.25) is 0 Å². The van der Waals surface area contributed by atoms with Gasteiger partial charge in [-0.1, -0.05) is 13.8 Å². The van der Waals surface area contributed by atoms with Gasteiger partial charge >= 0.3 is 0 Å². The highest BCUT2D eigenvalue weighted by atomic mass is 16.5. The quantitative estimate of drug-likeness (QED) is 0.567. The van der Waals surface area contributed by atoms with Gasteiger partial charge in [-0.15, -0.1) is 0 Å². The third-order valence-corrected chi connectivity index (χ3v) is 2.52. The zero-order valence-electron chi connectivity index (χ0n) is 9.65. The Morgan fingerprint density at radius 3 is 2.53 bits per heavy atom. The Labute approximate surface area is 91.6 Å². The molecule has 1 fully saturated rings. The van der Waals surface area contributed by atoms with E-state index >= 15 is 0 Å². The molecule has 1 aliphatic rings. The Bertz CT molecular complexity index is 169. The average Bonchev–Trinajstić information content (AvgIpc) is 2.10. The van der Waals surface area contributed by atoms with Gasteiger partial charge < -0.3 is 20.3 Å². The fourth-order valence-corrected chi connectivity index (χ4v) is 1.56. The maximum atomic E-state index is 9.55. The maximum Gasteiger partial charge on any atom is 0.0897 e. The van der Waals surface area contributed by atoms with Crippen LogP contribution in [-0.2, 0) is 4.74 Å². The molecular formula is C11H23NO3. The minimum atomic E-state index is -0.443. The minimum absolute atomic E-state index is 0.142. The first-order chi connectivity index (χ1) is 7.08. The van der Waals surface area contributed by atoms with E-state index < -0.39 is 6.10 Å². The van der Waals surface area contributed by atoms with Crippen molar-refractivity contribution in [3.63, 3.8) is 0 Å². The molecule has 0 amide bonds. The summed E-state index contributed by atoms with van der Waals surface area (Å²) < 4.78 is 5.32. The van der Waals surface area contributed by atoms with Crippen LogP contribution in [0.5, 0.6) is 0 Å². The molecule has 0 aliphatic heterocycles. The molecule has 0 spiro atoms. The fraction of sp³-hybridized carbons (Fsp3) is 1.00. The van der Waals surface area contributed by atoms with E-state index in [1.54, 1.807) is 0 Å². The van der Waals surface area contributed by atoms with Gasteiger partial charge in [0.2, 0.25) is 0 Å². The molecule has 0 saturated heterocycles. The van der Waals surface area contributed by atoms with Crippen molar-refractivity contribution in [3.05, 3.63) is 0 Å². The molecule has 1 saturated carbocycles. The van der Waals surface area contributed by atoms with Crippen molar-refractivity contribution in [2.24, 2.45) is 5.92 Å². The highest BCUT2D eigenvalue weighted by Gasteiger charge is 2.26. The summed E-state index contributed by atoms with van der Waals surface area (Å²) in [5, 5.41) is 21.8. The van der Waals surface area contributed by atoms with Gasteiger partial charge in [0, 0.05) is 19.2 Å². The van der Waals surface area contributed by atoms with Crippen molar-refractivity contribution in [3.8, 4) is 0 Å². The summed E-state index contributed by atoms with van der Waals surface area (Å²) in [6, 6.07) is 0.375. The van der Waals surface area contributed by atoms with Crippen LogP contribution < -0.4 is 5.32 Å². The first kappa shape index (κ1) is 12.9. The number of nitrogens with one attached hydrogen (secondary N) is 1.